The first-order valence-corrected chi connectivity index (χ1v) is 3.97. The van der Waals surface area contributed by atoms with Crippen molar-refractivity contribution in [2.24, 2.45) is 0 Å². The molecule has 0 fully saturated rings. The molecular formula is C9H6N4. The van der Waals surface area contributed by atoms with Crippen LogP contribution in [0.25, 0.3) is 16.7 Å². The Bertz CT molecular complexity index is 570. The van der Waals surface area contributed by atoms with Crippen molar-refractivity contribution >= 4 is 16.7 Å². The lowest BCUT2D eigenvalue weighted by Gasteiger charge is -1.98. The molecule has 4 nitrogen and oxygen atoms in total. The topological polar surface area (TPSA) is 43.1 Å². The van der Waals surface area contributed by atoms with Gasteiger partial charge >= 0.3 is 0 Å². The molecule has 0 aliphatic rings. The van der Waals surface area contributed by atoms with E-state index in [-0.39, 0.29) is 0 Å². The molecule has 4 heteroatoms. The molecule has 0 saturated heterocycles. The minimum absolute atomic E-state index is 0.721. The van der Waals surface area contributed by atoms with E-state index in [1.54, 1.807) is 12.4 Å². The highest BCUT2D eigenvalue weighted by Gasteiger charge is 1.99. The third-order valence-corrected chi connectivity index (χ3v) is 2.03. The fourth-order valence-corrected chi connectivity index (χ4v) is 1.43. The largest absolute Gasteiger partial charge is 0.311 e. The van der Waals surface area contributed by atoms with Gasteiger partial charge in [0.15, 0.2) is 5.65 Å². The van der Waals surface area contributed by atoms with Crippen molar-refractivity contribution in [3.8, 4) is 0 Å². The highest BCUT2D eigenvalue weighted by atomic mass is 15.0. The lowest BCUT2D eigenvalue weighted by molar-refractivity contribution is 1.13. The van der Waals surface area contributed by atoms with E-state index in [0.717, 1.165) is 16.7 Å². The van der Waals surface area contributed by atoms with Gasteiger partial charge < -0.3 is 4.40 Å². The van der Waals surface area contributed by atoms with Crippen molar-refractivity contribution in [2.45, 2.75) is 0 Å². The molecule has 0 bridgehead atoms. The molecule has 0 saturated carbocycles. The molecule has 0 atom stereocenters. The molecule has 0 spiro atoms. The number of nitrogens with zero attached hydrogens (tertiary/aromatic N) is 4. The SMILES string of the molecule is c1cc2cnc3ncncc3n2c1. The first kappa shape index (κ1) is 6.54. The number of rotatable bonds is 0. The summed E-state index contributed by atoms with van der Waals surface area (Å²) in [5, 5.41) is 0. The van der Waals surface area contributed by atoms with Crippen LogP contribution in [0.1, 0.15) is 0 Å². The van der Waals surface area contributed by atoms with E-state index >= 15 is 0 Å². The fourth-order valence-electron chi connectivity index (χ4n) is 1.43. The number of fused-ring (bicyclic) bond motifs is 3. The van der Waals surface area contributed by atoms with Gasteiger partial charge in [0.05, 0.1) is 17.9 Å². The van der Waals surface area contributed by atoms with Gasteiger partial charge in [-0.1, -0.05) is 0 Å². The average Bonchev–Trinajstić information content (AvgIpc) is 2.65. The van der Waals surface area contributed by atoms with Gasteiger partial charge in [0.1, 0.15) is 11.8 Å². The zero-order valence-electron chi connectivity index (χ0n) is 6.75. The summed E-state index contributed by atoms with van der Waals surface area (Å²) in [6, 6.07) is 3.98. The first-order chi connectivity index (χ1) is 6.45. The third kappa shape index (κ3) is 0.823. The average molecular weight is 170 g/mol. The number of aromatic nitrogens is 4. The molecule has 0 aromatic carbocycles. The predicted octanol–water partition coefficient (Wildman–Crippen LogP) is 1.28. The van der Waals surface area contributed by atoms with Gasteiger partial charge in [-0.25, -0.2) is 15.0 Å². The van der Waals surface area contributed by atoms with Crippen LogP contribution in [0.15, 0.2) is 37.1 Å². The zero-order valence-corrected chi connectivity index (χ0v) is 6.75. The van der Waals surface area contributed by atoms with Crippen LogP contribution in [0.3, 0.4) is 0 Å². The van der Waals surface area contributed by atoms with E-state index in [2.05, 4.69) is 15.0 Å². The van der Waals surface area contributed by atoms with Crippen molar-refractivity contribution in [3.63, 3.8) is 0 Å². The molecule has 3 aromatic heterocycles. The van der Waals surface area contributed by atoms with E-state index in [1.165, 1.54) is 6.33 Å². The predicted molar refractivity (Wildman–Crippen MR) is 48.3 cm³/mol. The fraction of sp³-hybridized carbons (Fsp3) is 0. The van der Waals surface area contributed by atoms with Crippen LogP contribution in [-0.2, 0) is 0 Å². The van der Waals surface area contributed by atoms with Gasteiger partial charge in [0.2, 0.25) is 0 Å². The van der Waals surface area contributed by atoms with E-state index in [1.807, 2.05) is 22.7 Å². The van der Waals surface area contributed by atoms with E-state index in [9.17, 15) is 0 Å². The summed E-state index contributed by atoms with van der Waals surface area (Å²) >= 11 is 0. The van der Waals surface area contributed by atoms with Gasteiger partial charge in [-0.15, -0.1) is 0 Å². The van der Waals surface area contributed by atoms with Crippen LogP contribution < -0.4 is 0 Å². The van der Waals surface area contributed by atoms with Gasteiger partial charge in [-0.3, -0.25) is 0 Å². The van der Waals surface area contributed by atoms with Crippen LogP contribution in [0.2, 0.25) is 0 Å². The Morgan fingerprint density at radius 2 is 2.15 bits per heavy atom. The molecule has 62 valence electrons. The first-order valence-electron chi connectivity index (χ1n) is 3.97. The quantitative estimate of drug-likeness (QED) is 0.510. The normalized spacial score (nSPS) is 11.1. The Balaban J connectivity index is 2.65. The van der Waals surface area contributed by atoms with E-state index in [4.69, 9.17) is 0 Å². The van der Waals surface area contributed by atoms with Crippen molar-refractivity contribution in [1.82, 2.24) is 19.4 Å². The molecule has 0 N–H and O–H groups in total. The van der Waals surface area contributed by atoms with Crippen LogP contribution >= 0.6 is 0 Å². The standard InChI is InChI=1S/C9H6N4/c1-2-7-4-11-9-8(13(7)3-1)5-10-6-12-9/h1-6H. The summed E-state index contributed by atoms with van der Waals surface area (Å²) in [4.78, 5) is 12.2. The molecule has 0 amide bonds. The van der Waals surface area contributed by atoms with Gasteiger partial charge in [0, 0.05) is 6.20 Å². The Morgan fingerprint density at radius 1 is 1.15 bits per heavy atom. The van der Waals surface area contributed by atoms with Crippen LogP contribution in [0.4, 0.5) is 0 Å². The lowest BCUT2D eigenvalue weighted by atomic mass is 10.5. The Labute approximate surface area is 73.9 Å². The Hall–Kier alpha value is -1.97. The number of hydrogen-bond acceptors (Lipinski definition) is 3. The Kier molecular flexibility index (Phi) is 1.14. The molecule has 0 unspecified atom stereocenters. The molecular weight excluding hydrogens is 164 g/mol. The zero-order chi connectivity index (χ0) is 8.67. The Morgan fingerprint density at radius 3 is 3.15 bits per heavy atom. The van der Waals surface area contributed by atoms with E-state index in [0.29, 0.717) is 0 Å². The highest BCUT2D eigenvalue weighted by Crippen LogP contribution is 2.10. The molecule has 0 aliphatic heterocycles. The molecule has 3 rings (SSSR count). The maximum Gasteiger partial charge on any atom is 0.179 e. The molecule has 13 heavy (non-hydrogen) atoms. The van der Waals surface area contributed by atoms with Gasteiger partial charge in [0.25, 0.3) is 0 Å². The molecule has 0 radical (unpaired) electrons. The third-order valence-electron chi connectivity index (χ3n) is 2.03. The van der Waals surface area contributed by atoms with Crippen LogP contribution in [0, 0.1) is 0 Å². The van der Waals surface area contributed by atoms with Crippen molar-refractivity contribution in [3.05, 3.63) is 37.1 Å². The minimum atomic E-state index is 0.721. The summed E-state index contributed by atoms with van der Waals surface area (Å²) in [5.74, 6) is 0. The molecule has 3 aromatic rings. The van der Waals surface area contributed by atoms with Gasteiger partial charge in [-0.2, -0.15) is 0 Å². The van der Waals surface area contributed by atoms with Crippen molar-refractivity contribution in [1.29, 1.82) is 0 Å². The summed E-state index contributed by atoms with van der Waals surface area (Å²) in [6.45, 7) is 0. The molecule has 3 heterocycles. The van der Waals surface area contributed by atoms with Gasteiger partial charge in [-0.05, 0) is 12.1 Å². The molecule has 0 aliphatic carbocycles. The minimum Gasteiger partial charge on any atom is -0.311 e. The lowest BCUT2D eigenvalue weighted by Crippen LogP contribution is -1.91. The monoisotopic (exact) mass is 170 g/mol. The van der Waals surface area contributed by atoms with E-state index < -0.39 is 0 Å². The summed E-state index contributed by atoms with van der Waals surface area (Å²) in [5.41, 5.74) is 2.71. The summed E-state index contributed by atoms with van der Waals surface area (Å²) in [7, 11) is 0. The van der Waals surface area contributed by atoms with Crippen molar-refractivity contribution < 1.29 is 0 Å². The van der Waals surface area contributed by atoms with Crippen molar-refractivity contribution in [2.75, 3.05) is 0 Å². The maximum absolute atomic E-state index is 4.21. The summed E-state index contributed by atoms with van der Waals surface area (Å²) < 4.78 is 2.02. The van der Waals surface area contributed by atoms with Crippen LogP contribution in [0.5, 0.6) is 0 Å². The smallest absolute Gasteiger partial charge is 0.179 e. The second-order valence-electron chi connectivity index (χ2n) is 2.79. The second kappa shape index (κ2) is 2.26. The summed E-state index contributed by atoms with van der Waals surface area (Å²) in [6.07, 6.45) is 7.05. The maximum atomic E-state index is 4.21. The van der Waals surface area contributed by atoms with Crippen LogP contribution in [-0.4, -0.2) is 19.4 Å². The highest BCUT2D eigenvalue weighted by molar-refractivity contribution is 5.73. The number of hydrogen-bond donors (Lipinski definition) is 0. The second-order valence-corrected chi connectivity index (χ2v) is 2.79.